The first kappa shape index (κ1) is 26.4. The highest BCUT2D eigenvalue weighted by Crippen LogP contribution is 2.30. The fraction of sp³-hybridized carbons (Fsp3) is 0.278. The second-order valence-electron chi connectivity index (χ2n) is 9.78. The maximum Gasteiger partial charge on any atom is 0.138 e. The first-order valence-corrected chi connectivity index (χ1v) is 13.7. The minimum atomic E-state index is -0.177. The van der Waals surface area contributed by atoms with Crippen LogP contribution in [0.3, 0.4) is 0 Å². The molecule has 0 aromatic heterocycles. The number of hydrogen-bond donors (Lipinski definition) is 0. The molecule has 0 spiro atoms. The third kappa shape index (κ3) is 7.43. The van der Waals surface area contributed by atoms with E-state index < -0.39 is 0 Å². The minimum absolute atomic E-state index is 0.177. The smallest absolute Gasteiger partial charge is 0.138 e. The first-order chi connectivity index (χ1) is 18.2. The molecular formula is C36H37F. The van der Waals surface area contributed by atoms with Crippen molar-refractivity contribution in [1.82, 2.24) is 0 Å². The number of hydrogen-bond acceptors (Lipinski definition) is 0. The van der Waals surface area contributed by atoms with E-state index in [1.165, 1.54) is 43.2 Å². The Labute approximate surface area is 222 Å². The lowest BCUT2D eigenvalue weighted by molar-refractivity contribution is 0.632. The van der Waals surface area contributed by atoms with Crippen LogP contribution in [0, 0.1) is 17.7 Å². The summed E-state index contributed by atoms with van der Waals surface area (Å²) in [4.78, 5) is 0. The third-order valence-corrected chi connectivity index (χ3v) is 6.93. The van der Waals surface area contributed by atoms with Gasteiger partial charge in [-0.25, -0.2) is 4.39 Å². The fourth-order valence-electron chi connectivity index (χ4n) is 4.69. The van der Waals surface area contributed by atoms with E-state index in [1.807, 2.05) is 49.4 Å². The molecule has 0 aliphatic rings. The summed E-state index contributed by atoms with van der Waals surface area (Å²) in [5.74, 6) is 6.34. The molecular weight excluding hydrogens is 451 g/mol. The topological polar surface area (TPSA) is 0 Å². The lowest BCUT2D eigenvalue weighted by atomic mass is 9.97. The average Bonchev–Trinajstić information content (AvgIpc) is 2.93. The number of fused-ring (bicyclic) bond motifs is 1. The zero-order valence-electron chi connectivity index (χ0n) is 22.2. The van der Waals surface area contributed by atoms with Crippen LogP contribution in [-0.4, -0.2) is 0 Å². The number of unbranched alkanes of at least 4 members (excludes halogenated alkanes) is 4. The average molecular weight is 489 g/mol. The van der Waals surface area contributed by atoms with Crippen LogP contribution in [0.25, 0.3) is 21.9 Å². The molecule has 0 bridgehead atoms. The molecule has 4 rings (SSSR count). The van der Waals surface area contributed by atoms with Crippen molar-refractivity contribution in [3.8, 4) is 23.0 Å². The van der Waals surface area contributed by atoms with E-state index in [2.05, 4.69) is 67.3 Å². The molecule has 0 aliphatic carbocycles. The summed E-state index contributed by atoms with van der Waals surface area (Å²) in [7, 11) is 0. The van der Waals surface area contributed by atoms with Gasteiger partial charge in [-0.2, -0.15) is 0 Å². The normalized spacial score (nSPS) is 11.1. The summed E-state index contributed by atoms with van der Waals surface area (Å²) >= 11 is 0. The second kappa shape index (κ2) is 13.6. The summed E-state index contributed by atoms with van der Waals surface area (Å²) in [6, 6.07) is 26.4. The maximum atomic E-state index is 15.4. The van der Waals surface area contributed by atoms with Gasteiger partial charge in [-0.05, 0) is 78.9 Å². The Morgan fingerprint density at radius 1 is 0.703 bits per heavy atom. The molecule has 0 heterocycles. The highest BCUT2D eigenvalue weighted by Gasteiger charge is 2.10. The number of halogens is 1. The zero-order valence-corrected chi connectivity index (χ0v) is 22.2. The van der Waals surface area contributed by atoms with E-state index in [-0.39, 0.29) is 5.82 Å². The van der Waals surface area contributed by atoms with E-state index in [0.29, 0.717) is 10.9 Å². The summed E-state index contributed by atoms with van der Waals surface area (Å²) < 4.78 is 15.4. The van der Waals surface area contributed by atoms with Gasteiger partial charge in [-0.15, -0.1) is 0 Å². The van der Waals surface area contributed by atoms with Gasteiger partial charge in [0.15, 0.2) is 0 Å². The van der Waals surface area contributed by atoms with E-state index in [1.54, 1.807) is 0 Å². The molecule has 37 heavy (non-hydrogen) atoms. The zero-order chi connectivity index (χ0) is 25.9. The van der Waals surface area contributed by atoms with Crippen LogP contribution in [0.5, 0.6) is 0 Å². The van der Waals surface area contributed by atoms with Gasteiger partial charge in [0.2, 0.25) is 0 Å². The Hall–Kier alpha value is -3.63. The van der Waals surface area contributed by atoms with Crippen LogP contribution in [0.15, 0.2) is 91.0 Å². The fourth-order valence-corrected chi connectivity index (χ4v) is 4.69. The van der Waals surface area contributed by atoms with Gasteiger partial charge in [-0.1, -0.05) is 111 Å². The van der Waals surface area contributed by atoms with Gasteiger partial charge < -0.3 is 0 Å². The summed E-state index contributed by atoms with van der Waals surface area (Å²) in [5.41, 5.74) is 6.08. The Morgan fingerprint density at radius 3 is 2.14 bits per heavy atom. The molecule has 0 fully saturated rings. The molecule has 0 nitrogen and oxygen atoms in total. The Morgan fingerprint density at radius 2 is 1.38 bits per heavy atom. The lowest BCUT2D eigenvalue weighted by Gasteiger charge is -2.08. The van der Waals surface area contributed by atoms with Gasteiger partial charge in [0.25, 0.3) is 0 Å². The monoisotopic (exact) mass is 488 g/mol. The third-order valence-electron chi connectivity index (χ3n) is 6.93. The van der Waals surface area contributed by atoms with Crippen LogP contribution in [0.1, 0.15) is 74.6 Å². The first-order valence-electron chi connectivity index (χ1n) is 13.7. The second-order valence-corrected chi connectivity index (χ2v) is 9.78. The Kier molecular flexibility index (Phi) is 9.73. The van der Waals surface area contributed by atoms with Gasteiger partial charge in [-0.3, -0.25) is 0 Å². The van der Waals surface area contributed by atoms with Crippen LogP contribution in [0.2, 0.25) is 0 Å². The van der Waals surface area contributed by atoms with Gasteiger partial charge >= 0.3 is 0 Å². The summed E-state index contributed by atoms with van der Waals surface area (Å²) in [6.07, 6.45) is 13.9. The van der Waals surface area contributed by atoms with Crippen molar-refractivity contribution in [2.45, 2.75) is 65.2 Å². The highest BCUT2D eigenvalue weighted by atomic mass is 19.1. The lowest BCUT2D eigenvalue weighted by Crippen LogP contribution is -1.89. The maximum absolute atomic E-state index is 15.4. The van der Waals surface area contributed by atoms with E-state index in [9.17, 15) is 0 Å². The number of allylic oxidation sites excluding steroid dienone is 2. The van der Waals surface area contributed by atoms with Crippen LogP contribution >= 0.6 is 0 Å². The number of rotatable bonds is 10. The predicted molar refractivity (Wildman–Crippen MR) is 157 cm³/mol. The van der Waals surface area contributed by atoms with Crippen LogP contribution < -0.4 is 0 Å². The molecule has 0 atom stereocenters. The van der Waals surface area contributed by atoms with Crippen molar-refractivity contribution in [2.75, 3.05) is 0 Å². The Balaban J connectivity index is 1.43. The molecule has 4 aromatic rings. The van der Waals surface area contributed by atoms with E-state index in [0.717, 1.165) is 41.3 Å². The largest absolute Gasteiger partial charge is 0.206 e. The molecule has 0 aliphatic heterocycles. The molecule has 1 heteroatoms. The van der Waals surface area contributed by atoms with Crippen molar-refractivity contribution in [3.63, 3.8) is 0 Å². The van der Waals surface area contributed by atoms with Gasteiger partial charge in [0, 0.05) is 22.1 Å². The standard InChI is InChI=1S/C36H37F/c1-3-5-7-8-10-12-28-13-15-30(16-14-28)17-18-31-21-25-35-33(27-31)24-26-34(36(35)37)32-22-19-29(20-23-32)11-9-6-4-2/h4,6,13-16,19-27H,3,5,7-12H2,1-2H3/b6-4+. The molecule has 0 N–H and O–H groups in total. The van der Waals surface area contributed by atoms with Crippen molar-refractivity contribution < 1.29 is 4.39 Å². The Bertz CT molecular complexity index is 1380. The predicted octanol–water partition coefficient (Wildman–Crippen LogP) is 10.1. The van der Waals surface area contributed by atoms with Gasteiger partial charge in [0.05, 0.1) is 0 Å². The highest BCUT2D eigenvalue weighted by molar-refractivity contribution is 5.89. The molecule has 0 unspecified atom stereocenters. The van der Waals surface area contributed by atoms with Crippen molar-refractivity contribution in [1.29, 1.82) is 0 Å². The number of aryl methyl sites for hydroxylation is 2. The van der Waals surface area contributed by atoms with E-state index >= 15 is 4.39 Å². The molecule has 0 radical (unpaired) electrons. The van der Waals surface area contributed by atoms with Crippen LogP contribution in [0.4, 0.5) is 4.39 Å². The molecule has 0 amide bonds. The molecule has 0 saturated carbocycles. The van der Waals surface area contributed by atoms with Crippen molar-refractivity contribution in [3.05, 3.63) is 119 Å². The molecule has 188 valence electrons. The summed E-state index contributed by atoms with van der Waals surface area (Å²) in [5, 5.41) is 1.50. The van der Waals surface area contributed by atoms with E-state index in [4.69, 9.17) is 0 Å². The minimum Gasteiger partial charge on any atom is -0.206 e. The van der Waals surface area contributed by atoms with Crippen LogP contribution in [-0.2, 0) is 12.8 Å². The SMILES string of the molecule is C/C=C/CCc1ccc(-c2ccc3cc(C#Cc4ccc(CCCCCCC)cc4)ccc3c2F)cc1. The van der Waals surface area contributed by atoms with Crippen molar-refractivity contribution >= 4 is 10.8 Å². The summed E-state index contributed by atoms with van der Waals surface area (Å²) in [6.45, 7) is 4.29. The van der Waals surface area contributed by atoms with Gasteiger partial charge in [0.1, 0.15) is 5.82 Å². The molecule has 4 aromatic carbocycles. The quantitative estimate of drug-likeness (QED) is 0.118. The van der Waals surface area contributed by atoms with Crippen molar-refractivity contribution in [2.24, 2.45) is 0 Å². The number of benzene rings is 4. The molecule has 0 saturated heterocycles.